The third kappa shape index (κ3) is 4.27. The maximum absolute atomic E-state index is 11.0. The van der Waals surface area contributed by atoms with Gasteiger partial charge >= 0.3 is 5.97 Å². The van der Waals surface area contributed by atoms with Gasteiger partial charge in [0.25, 0.3) is 0 Å². The van der Waals surface area contributed by atoms with Crippen LogP contribution in [-0.2, 0) is 9.53 Å². The molecule has 1 rings (SSSR count). The van der Waals surface area contributed by atoms with Gasteiger partial charge < -0.3 is 4.74 Å². The van der Waals surface area contributed by atoms with E-state index in [0.717, 1.165) is 13.0 Å². The van der Waals surface area contributed by atoms with Crippen LogP contribution in [0.1, 0.15) is 32.6 Å². The van der Waals surface area contributed by atoms with Crippen LogP contribution >= 0.6 is 0 Å². The highest BCUT2D eigenvalue weighted by molar-refractivity contribution is 5.69. The average molecular weight is 185 g/mol. The molecule has 0 aromatic rings. The number of esters is 1. The van der Waals surface area contributed by atoms with Crippen molar-refractivity contribution in [2.24, 2.45) is 0 Å². The summed E-state index contributed by atoms with van der Waals surface area (Å²) in [7, 11) is 0. The van der Waals surface area contributed by atoms with Gasteiger partial charge in [-0.3, -0.25) is 9.69 Å². The molecular weight excluding hydrogens is 166 g/mol. The molecule has 1 fully saturated rings. The summed E-state index contributed by atoms with van der Waals surface area (Å²) in [4.78, 5) is 13.3. The molecule has 0 bridgehead atoms. The molecule has 13 heavy (non-hydrogen) atoms. The van der Waals surface area contributed by atoms with E-state index in [0.29, 0.717) is 13.0 Å². The highest BCUT2D eigenvalue weighted by Gasteiger charge is 2.11. The lowest BCUT2D eigenvalue weighted by molar-refractivity contribution is -0.144. The molecule has 1 heterocycles. The number of ether oxygens (including phenoxy) is 1. The third-order valence-electron chi connectivity index (χ3n) is 2.32. The molecule has 0 spiro atoms. The van der Waals surface area contributed by atoms with Crippen LogP contribution in [0, 0.1) is 0 Å². The van der Waals surface area contributed by atoms with E-state index < -0.39 is 0 Å². The monoisotopic (exact) mass is 185 g/mol. The van der Waals surface area contributed by atoms with Gasteiger partial charge in [0, 0.05) is 13.0 Å². The van der Waals surface area contributed by atoms with Gasteiger partial charge in [-0.25, -0.2) is 0 Å². The maximum atomic E-state index is 11.0. The quantitative estimate of drug-likeness (QED) is 0.607. The fraction of sp³-hybridized carbons (Fsp3) is 0.900. The largest absolute Gasteiger partial charge is 0.464 e. The number of carbonyl (C=O) groups excluding carboxylic acids is 1. The van der Waals surface area contributed by atoms with Crippen molar-refractivity contribution >= 4 is 5.97 Å². The zero-order valence-electron chi connectivity index (χ0n) is 8.42. The molecule has 0 aromatic carbocycles. The predicted molar refractivity (Wildman–Crippen MR) is 51.5 cm³/mol. The van der Waals surface area contributed by atoms with Crippen molar-refractivity contribution in [1.29, 1.82) is 0 Å². The van der Waals surface area contributed by atoms with Gasteiger partial charge in [-0.05, 0) is 32.4 Å². The van der Waals surface area contributed by atoms with Crippen molar-refractivity contribution in [1.82, 2.24) is 4.90 Å². The Morgan fingerprint density at radius 2 is 2.08 bits per heavy atom. The lowest BCUT2D eigenvalue weighted by atomic mass is 10.3. The predicted octanol–water partition coefficient (Wildman–Crippen LogP) is 1.43. The molecule has 0 amide bonds. The SMILES string of the molecule is CCCC(=O)OCCN1CCCC1. The van der Waals surface area contributed by atoms with Crippen LogP contribution in [0.3, 0.4) is 0 Å². The molecule has 0 unspecified atom stereocenters. The van der Waals surface area contributed by atoms with Crippen LogP contribution in [0.15, 0.2) is 0 Å². The van der Waals surface area contributed by atoms with Crippen LogP contribution in [0.5, 0.6) is 0 Å². The third-order valence-corrected chi connectivity index (χ3v) is 2.32. The van der Waals surface area contributed by atoms with E-state index in [2.05, 4.69) is 4.90 Å². The smallest absolute Gasteiger partial charge is 0.305 e. The standard InChI is InChI=1S/C10H19NO2/c1-2-5-10(12)13-9-8-11-6-3-4-7-11/h2-9H2,1H3. The van der Waals surface area contributed by atoms with Gasteiger partial charge in [0.15, 0.2) is 0 Å². The Hall–Kier alpha value is -0.570. The van der Waals surface area contributed by atoms with Crippen molar-refractivity contribution < 1.29 is 9.53 Å². The highest BCUT2D eigenvalue weighted by Crippen LogP contribution is 2.06. The summed E-state index contributed by atoms with van der Waals surface area (Å²) in [6.45, 7) is 5.81. The Balaban J connectivity index is 1.96. The second-order valence-electron chi connectivity index (χ2n) is 3.52. The molecule has 0 aromatic heterocycles. The molecule has 0 N–H and O–H groups in total. The number of hydrogen-bond donors (Lipinski definition) is 0. The number of nitrogens with zero attached hydrogens (tertiary/aromatic N) is 1. The molecular formula is C10H19NO2. The van der Waals surface area contributed by atoms with Crippen LogP contribution in [0.25, 0.3) is 0 Å². The summed E-state index contributed by atoms with van der Waals surface area (Å²) in [5, 5.41) is 0. The first kappa shape index (κ1) is 10.5. The molecule has 0 radical (unpaired) electrons. The van der Waals surface area contributed by atoms with E-state index in [1.807, 2.05) is 6.92 Å². The van der Waals surface area contributed by atoms with Crippen LogP contribution in [0.4, 0.5) is 0 Å². The minimum atomic E-state index is -0.0540. The minimum Gasteiger partial charge on any atom is -0.464 e. The highest BCUT2D eigenvalue weighted by atomic mass is 16.5. The molecule has 0 aliphatic carbocycles. The normalized spacial score (nSPS) is 17.6. The summed E-state index contributed by atoms with van der Waals surface area (Å²) in [5.74, 6) is -0.0540. The summed E-state index contributed by atoms with van der Waals surface area (Å²) >= 11 is 0. The van der Waals surface area contributed by atoms with E-state index in [1.165, 1.54) is 25.9 Å². The van der Waals surface area contributed by atoms with Crippen molar-refractivity contribution in [3.8, 4) is 0 Å². The minimum absolute atomic E-state index is 0.0540. The summed E-state index contributed by atoms with van der Waals surface area (Å²) in [5.41, 5.74) is 0. The molecule has 76 valence electrons. The molecule has 0 saturated carbocycles. The first-order valence-corrected chi connectivity index (χ1v) is 5.21. The van der Waals surface area contributed by atoms with Gasteiger partial charge in [0.1, 0.15) is 6.61 Å². The Bertz CT molecular complexity index is 153. The Morgan fingerprint density at radius 3 is 2.69 bits per heavy atom. The van der Waals surface area contributed by atoms with Gasteiger partial charge in [-0.1, -0.05) is 6.92 Å². The number of rotatable bonds is 5. The van der Waals surface area contributed by atoms with Crippen molar-refractivity contribution in [2.75, 3.05) is 26.2 Å². The van der Waals surface area contributed by atoms with Crippen molar-refractivity contribution in [2.45, 2.75) is 32.6 Å². The lowest BCUT2D eigenvalue weighted by Gasteiger charge is -2.13. The Morgan fingerprint density at radius 1 is 1.38 bits per heavy atom. The topological polar surface area (TPSA) is 29.5 Å². The first-order chi connectivity index (χ1) is 6.33. The van der Waals surface area contributed by atoms with Crippen LogP contribution in [-0.4, -0.2) is 37.1 Å². The fourth-order valence-corrected chi connectivity index (χ4v) is 1.57. The zero-order chi connectivity index (χ0) is 9.52. The lowest BCUT2D eigenvalue weighted by Crippen LogP contribution is -2.25. The van der Waals surface area contributed by atoms with E-state index in [9.17, 15) is 4.79 Å². The van der Waals surface area contributed by atoms with E-state index in [4.69, 9.17) is 4.74 Å². The summed E-state index contributed by atoms with van der Waals surface area (Å²) in [6.07, 6.45) is 4.02. The molecule has 3 heteroatoms. The zero-order valence-corrected chi connectivity index (χ0v) is 8.42. The molecule has 0 atom stereocenters. The van der Waals surface area contributed by atoms with E-state index in [-0.39, 0.29) is 5.97 Å². The van der Waals surface area contributed by atoms with Crippen molar-refractivity contribution in [3.63, 3.8) is 0 Å². The fourth-order valence-electron chi connectivity index (χ4n) is 1.57. The van der Waals surface area contributed by atoms with E-state index >= 15 is 0 Å². The van der Waals surface area contributed by atoms with Gasteiger partial charge in [-0.2, -0.15) is 0 Å². The van der Waals surface area contributed by atoms with Crippen LogP contribution < -0.4 is 0 Å². The summed E-state index contributed by atoms with van der Waals surface area (Å²) < 4.78 is 5.06. The molecule has 1 aliphatic rings. The van der Waals surface area contributed by atoms with Crippen molar-refractivity contribution in [3.05, 3.63) is 0 Å². The number of hydrogen-bond acceptors (Lipinski definition) is 3. The Labute approximate surface area is 80.1 Å². The average Bonchev–Trinajstić information content (AvgIpc) is 2.57. The second-order valence-corrected chi connectivity index (χ2v) is 3.52. The molecule has 1 aliphatic heterocycles. The summed E-state index contributed by atoms with van der Waals surface area (Å²) in [6, 6.07) is 0. The molecule has 1 saturated heterocycles. The van der Waals surface area contributed by atoms with Gasteiger partial charge in [0.05, 0.1) is 0 Å². The van der Waals surface area contributed by atoms with Crippen LogP contribution in [0.2, 0.25) is 0 Å². The maximum Gasteiger partial charge on any atom is 0.305 e. The number of likely N-dealkylation sites (tertiary alicyclic amines) is 1. The van der Waals surface area contributed by atoms with E-state index in [1.54, 1.807) is 0 Å². The molecule has 3 nitrogen and oxygen atoms in total. The van der Waals surface area contributed by atoms with Gasteiger partial charge in [0.2, 0.25) is 0 Å². The number of carbonyl (C=O) groups is 1. The second kappa shape index (κ2) is 5.97. The van der Waals surface area contributed by atoms with Gasteiger partial charge in [-0.15, -0.1) is 0 Å². The first-order valence-electron chi connectivity index (χ1n) is 5.21. The Kier molecular flexibility index (Phi) is 4.83.